The predicted molar refractivity (Wildman–Crippen MR) is 69.5 cm³/mol. The molecule has 94 valence electrons. The average molecular weight is 265 g/mol. The summed E-state index contributed by atoms with van der Waals surface area (Å²) in [4.78, 5) is 12.0. The van der Waals surface area contributed by atoms with Crippen LogP contribution in [0.5, 0.6) is 0 Å². The Bertz CT molecular complexity index is 550. The van der Waals surface area contributed by atoms with Gasteiger partial charge in [0.05, 0.1) is 0 Å². The van der Waals surface area contributed by atoms with Crippen LogP contribution < -0.4 is 5.32 Å². The van der Waals surface area contributed by atoms with E-state index in [1.807, 2.05) is 18.4 Å². The first-order chi connectivity index (χ1) is 8.58. The Hall–Kier alpha value is -1.88. The second kappa shape index (κ2) is 5.18. The third-order valence-electron chi connectivity index (χ3n) is 2.57. The number of carboxylic acids is 1. The number of thiophene rings is 1. The molecule has 0 saturated heterocycles. The number of nitrogens with one attached hydrogen (secondary N) is 1. The minimum atomic E-state index is -0.954. The molecule has 3 nitrogen and oxygen atoms in total. The van der Waals surface area contributed by atoms with Crippen LogP contribution in [0, 0.1) is 12.7 Å². The third-order valence-corrected chi connectivity index (χ3v) is 3.65. The molecule has 1 unspecified atom stereocenters. The van der Waals surface area contributed by atoms with Gasteiger partial charge in [-0.05, 0) is 48.2 Å². The zero-order valence-electron chi connectivity index (χ0n) is 9.68. The van der Waals surface area contributed by atoms with Gasteiger partial charge in [0.15, 0.2) is 6.04 Å². The van der Waals surface area contributed by atoms with Crippen molar-refractivity contribution < 1.29 is 14.3 Å². The molecule has 0 aliphatic carbocycles. The highest BCUT2D eigenvalue weighted by molar-refractivity contribution is 7.10. The van der Waals surface area contributed by atoms with Gasteiger partial charge in [-0.2, -0.15) is 0 Å². The van der Waals surface area contributed by atoms with Crippen LogP contribution >= 0.6 is 11.3 Å². The molecule has 0 amide bonds. The van der Waals surface area contributed by atoms with Crippen molar-refractivity contribution in [3.05, 3.63) is 52.0 Å². The number of halogens is 1. The van der Waals surface area contributed by atoms with Crippen LogP contribution in [0.1, 0.15) is 16.5 Å². The Balaban J connectivity index is 2.25. The summed E-state index contributed by atoms with van der Waals surface area (Å²) >= 11 is 1.39. The molecule has 0 saturated carbocycles. The monoisotopic (exact) mass is 265 g/mol. The lowest BCUT2D eigenvalue weighted by atomic mass is 10.1. The molecule has 0 fully saturated rings. The maximum Gasteiger partial charge on any atom is 0.331 e. The summed E-state index contributed by atoms with van der Waals surface area (Å²) in [7, 11) is 0. The fourth-order valence-corrected chi connectivity index (χ4v) is 2.60. The van der Waals surface area contributed by atoms with Crippen LogP contribution in [-0.4, -0.2) is 11.1 Å². The van der Waals surface area contributed by atoms with E-state index in [2.05, 4.69) is 5.32 Å². The summed E-state index contributed by atoms with van der Waals surface area (Å²) in [5.41, 5.74) is 1.51. The van der Waals surface area contributed by atoms with E-state index < -0.39 is 12.0 Å². The Morgan fingerprint density at radius 1 is 1.33 bits per heavy atom. The molecule has 0 aliphatic heterocycles. The number of benzene rings is 1. The van der Waals surface area contributed by atoms with Crippen molar-refractivity contribution in [1.82, 2.24) is 0 Å². The van der Waals surface area contributed by atoms with Gasteiger partial charge in [0.1, 0.15) is 5.82 Å². The van der Waals surface area contributed by atoms with E-state index in [0.29, 0.717) is 5.69 Å². The van der Waals surface area contributed by atoms with Gasteiger partial charge in [0.2, 0.25) is 0 Å². The van der Waals surface area contributed by atoms with Gasteiger partial charge in [-0.15, -0.1) is 11.3 Å². The molecule has 1 heterocycles. The minimum Gasteiger partial charge on any atom is -0.479 e. The fraction of sp³-hybridized carbons (Fsp3) is 0.154. The van der Waals surface area contributed by atoms with Gasteiger partial charge < -0.3 is 10.4 Å². The van der Waals surface area contributed by atoms with Crippen LogP contribution in [0.15, 0.2) is 35.7 Å². The topological polar surface area (TPSA) is 49.3 Å². The normalized spacial score (nSPS) is 12.1. The lowest BCUT2D eigenvalue weighted by Crippen LogP contribution is -2.20. The van der Waals surface area contributed by atoms with Gasteiger partial charge in [-0.25, -0.2) is 9.18 Å². The Labute approximate surface area is 108 Å². The fourth-order valence-electron chi connectivity index (χ4n) is 1.63. The molecule has 5 heteroatoms. The number of anilines is 1. The molecule has 0 radical (unpaired) electrons. The highest BCUT2D eigenvalue weighted by Crippen LogP contribution is 2.27. The number of carboxylic acid groups (broad SMARTS) is 1. The van der Waals surface area contributed by atoms with E-state index in [1.165, 1.54) is 35.6 Å². The van der Waals surface area contributed by atoms with Crippen molar-refractivity contribution in [3.8, 4) is 0 Å². The predicted octanol–water partition coefficient (Wildman–Crippen LogP) is 3.43. The van der Waals surface area contributed by atoms with Gasteiger partial charge in [0.25, 0.3) is 0 Å². The van der Waals surface area contributed by atoms with Crippen LogP contribution in [0.2, 0.25) is 0 Å². The van der Waals surface area contributed by atoms with E-state index >= 15 is 0 Å². The molecular formula is C13H12FNO2S. The van der Waals surface area contributed by atoms with Crippen molar-refractivity contribution in [3.63, 3.8) is 0 Å². The molecule has 2 rings (SSSR count). The van der Waals surface area contributed by atoms with Crippen LogP contribution in [-0.2, 0) is 4.79 Å². The highest BCUT2D eigenvalue weighted by Gasteiger charge is 2.22. The second-order valence-corrected chi connectivity index (χ2v) is 4.84. The average Bonchev–Trinajstić information content (AvgIpc) is 2.74. The summed E-state index contributed by atoms with van der Waals surface area (Å²) in [6.07, 6.45) is 0. The van der Waals surface area contributed by atoms with E-state index in [-0.39, 0.29) is 5.82 Å². The number of rotatable bonds is 4. The van der Waals surface area contributed by atoms with E-state index in [4.69, 9.17) is 0 Å². The van der Waals surface area contributed by atoms with E-state index in [9.17, 15) is 14.3 Å². The Morgan fingerprint density at radius 3 is 2.50 bits per heavy atom. The maximum atomic E-state index is 12.8. The second-order valence-electron chi connectivity index (χ2n) is 3.89. The van der Waals surface area contributed by atoms with Gasteiger partial charge >= 0.3 is 5.97 Å². The molecule has 1 aromatic carbocycles. The van der Waals surface area contributed by atoms with Gasteiger partial charge in [0, 0.05) is 10.6 Å². The molecule has 0 spiro atoms. The quantitative estimate of drug-likeness (QED) is 0.890. The van der Waals surface area contributed by atoms with Crippen molar-refractivity contribution in [1.29, 1.82) is 0 Å². The molecule has 2 aromatic rings. The van der Waals surface area contributed by atoms with Crippen LogP contribution in [0.4, 0.5) is 10.1 Å². The number of carbonyl (C=O) groups is 1. The number of aliphatic carboxylic acids is 1. The SMILES string of the molecule is Cc1ccsc1C(Nc1ccc(F)cc1)C(=O)O. The summed E-state index contributed by atoms with van der Waals surface area (Å²) in [5.74, 6) is -1.30. The highest BCUT2D eigenvalue weighted by atomic mass is 32.1. The Kier molecular flexibility index (Phi) is 3.62. The van der Waals surface area contributed by atoms with Crippen molar-refractivity contribution in [2.45, 2.75) is 13.0 Å². The molecule has 18 heavy (non-hydrogen) atoms. The van der Waals surface area contributed by atoms with Gasteiger partial charge in [-0.3, -0.25) is 0 Å². The first-order valence-corrected chi connectivity index (χ1v) is 6.25. The molecule has 2 N–H and O–H groups in total. The largest absolute Gasteiger partial charge is 0.479 e. The lowest BCUT2D eigenvalue weighted by molar-refractivity contribution is -0.138. The first kappa shape index (κ1) is 12.6. The van der Waals surface area contributed by atoms with Crippen molar-refractivity contribution in [2.75, 3.05) is 5.32 Å². The third kappa shape index (κ3) is 2.68. The van der Waals surface area contributed by atoms with E-state index in [0.717, 1.165) is 10.4 Å². The summed E-state index contributed by atoms with van der Waals surface area (Å²) < 4.78 is 12.8. The van der Waals surface area contributed by atoms with Gasteiger partial charge in [-0.1, -0.05) is 0 Å². The summed E-state index contributed by atoms with van der Waals surface area (Å²) in [6, 6.07) is 6.70. The first-order valence-electron chi connectivity index (χ1n) is 5.37. The van der Waals surface area contributed by atoms with Crippen molar-refractivity contribution in [2.24, 2.45) is 0 Å². The standard InChI is InChI=1S/C13H12FNO2S/c1-8-6-7-18-12(8)11(13(16)17)15-10-4-2-9(14)3-5-10/h2-7,11,15H,1H3,(H,16,17). The molecule has 0 bridgehead atoms. The minimum absolute atomic E-state index is 0.347. The molecule has 1 atom stereocenters. The number of aryl methyl sites for hydroxylation is 1. The van der Waals surface area contributed by atoms with Crippen LogP contribution in [0.3, 0.4) is 0 Å². The van der Waals surface area contributed by atoms with Crippen molar-refractivity contribution >= 4 is 23.0 Å². The van der Waals surface area contributed by atoms with Crippen LogP contribution in [0.25, 0.3) is 0 Å². The Morgan fingerprint density at radius 2 is 2.00 bits per heavy atom. The maximum absolute atomic E-state index is 12.8. The smallest absolute Gasteiger partial charge is 0.331 e. The zero-order valence-corrected chi connectivity index (χ0v) is 10.5. The number of hydrogen-bond acceptors (Lipinski definition) is 3. The van der Waals surface area contributed by atoms with E-state index in [1.54, 1.807) is 0 Å². The number of hydrogen-bond donors (Lipinski definition) is 2. The molecule has 1 aromatic heterocycles. The molecule has 0 aliphatic rings. The zero-order chi connectivity index (χ0) is 13.1. The summed E-state index contributed by atoms with van der Waals surface area (Å²) in [5, 5.41) is 14.0. The molecular weight excluding hydrogens is 253 g/mol. The summed E-state index contributed by atoms with van der Waals surface area (Å²) in [6.45, 7) is 1.87. The lowest BCUT2D eigenvalue weighted by Gasteiger charge is -2.15.